The molecule has 2 amide bonds. The number of carboxylic acid groups (broad SMARTS) is 1. The zero-order chi connectivity index (χ0) is 17.0. The Morgan fingerprint density at radius 3 is 2.35 bits per heavy atom. The zero-order valence-corrected chi connectivity index (χ0v) is 13.4. The van der Waals surface area contributed by atoms with E-state index in [-0.39, 0.29) is 24.4 Å². The summed E-state index contributed by atoms with van der Waals surface area (Å²) < 4.78 is 0. The first kappa shape index (κ1) is 17.0. The summed E-state index contributed by atoms with van der Waals surface area (Å²) in [4.78, 5) is 36.2. The molecule has 2 N–H and O–H groups in total. The summed E-state index contributed by atoms with van der Waals surface area (Å²) in [6.07, 6.45) is 1.86. The highest BCUT2D eigenvalue weighted by Crippen LogP contribution is 2.29. The maximum Gasteiger partial charge on any atom is 0.308 e. The van der Waals surface area contributed by atoms with Crippen LogP contribution in [0.1, 0.15) is 42.6 Å². The Kier molecular flexibility index (Phi) is 5.36. The number of aliphatic carboxylic acids is 1. The number of nitrogens with one attached hydrogen (secondary N) is 1. The van der Waals surface area contributed by atoms with E-state index >= 15 is 0 Å². The van der Waals surface area contributed by atoms with Gasteiger partial charge in [0, 0.05) is 31.6 Å². The lowest BCUT2D eigenvalue weighted by molar-refractivity contribution is -0.141. The molecule has 1 aromatic rings. The quantitative estimate of drug-likeness (QED) is 0.800. The summed E-state index contributed by atoms with van der Waals surface area (Å²) >= 11 is 0. The summed E-state index contributed by atoms with van der Waals surface area (Å²) in [5.74, 6) is -1.72. The minimum Gasteiger partial charge on any atom is -0.481 e. The van der Waals surface area contributed by atoms with Gasteiger partial charge in [-0.15, -0.1) is 0 Å². The highest BCUT2D eigenvalue weighted by atomic mass is 16.4. The third-order valence-corrected chi connectivity index (χ3v) is 3.88. The molecular formula is C17H22N2O4. The first-order chi connectivity index (χ1) is 10.9. The van der Waals surface area contributed by atoms with Gasteiger partial charge in [0.25, 0.3) is 5.91 Å². The van der Waals surface area contributed by atoms with Crippen molar-refractivity contribution in [2.45, 2.75) is 39.3 Å². The summed E-state index contributed by atoms with van der Waals surface area (Å²) in [6.45, 7) is 3.72. The second-order valence-electron chi connectivity index (χ2n) is 6.03. The monoisotopic (exact) mass is 318 g/mol. The molecule has 0 radical (unpaired) electrons. The van der Waals surface area contributed by atoms with E-state index in [4.69, 9.17) is 5.11 Å². The number of carboxylic acids is 1. The second kappa shape index (κ2) is 7.26. The predicted molar refractivity (Wildman–Crippen MR) is 84.8 cm³/mol. The molecule has 6 heteroatoms. The lowest BCUT2D eigenvalue weighted by Crippen LogP contribution is -2.38. The maximum absolute atomic E-state index is 12.6. The van der Waals surface area contributed by atoms with Crippen LogP contribution in [0, 0.1) is 5.92 Å². The molecule has 0 aromatic heterocycles. The van der Waals surface area contributed by atoms with Crippen LogP contribution in [0.15, 0.2) is 24.3 Å². The number of amides is 2. The van der Waals surface area contributed by atoms with E-state index in [1.807, 2.05) is 0 Å². The molecular weight excluding hydrogens is 296 g/mol. The number of benzene rings is 1. The van der Waals surface area contributed by atoms with Gasteiger partial charge in [0.1, 0.15) is 0 Å². The van der Waals surface area contributed by atoms with Gasteiger partial charge in [-0.05, 0) is 30.5 Å². The van der Waals surface area contributed by atoms with Gasteiger partial charge >= 0.3 is 5.97 Å². The van der Waals surface area contributed by atoms with E-state index in [9.17, 15) is 14.4 Å². The van der Waals surface area contributed by atoms with Crippen molar-refractivity contribution in [2.75, 3.05) is 6.54 Å². The van der Waals surface area contributed by atoms with Crippen LogP contribution >= 0.6 is 0 Å². The van der Waals surface area contributed by atoms with Crippen LogP contribution in [0.4, 0.5) is 0 Å². The maximum atomic E-state index is 12.6. The minimum atomic E-state index is -0.894. The van der Waals surface area contributed by atoms with Crippen molar-refractivity contribution in [3.63, 3.8) is 0 Å². The lowest BCUT2D eigenvalue weighted by atomic mass is 10.1. The number of nitrogens with zero attached hydrogens (tertiary/aromatic N) is 1. The molecule has 0 heterocycles. The van der Waals surface area contributed by atoms with E-state index in [0.717, 1.165) is 18.4 Å². The van der Waals surface area contributed by atoms with E-state index < -0.39 is 11.9 Å². The fourth-order valence-corrected chi connectivity index (χ4v) is 2.31. The van der Waals surface area contributed by atoms with Crippen LogP contribution in [0.25, 0.3) is 0 Å². The molecule has 1 aliphatic rings. The summed E-state index contributed by atoms with van der Waals surface area (Å²) in [5.41, 5.74) is 1.45. The van der Waals surface area contributed by atoms with Crippen LogP contribution < -0.4 is 5.32 Å². The molecule has 2 rings (SSSR count). The zero-order valence-electron chi connectivity index (χ0n) is 13.4. The Bertz CT molecular complexity index is 593. The molecule has 0 spiro atoms. The topological polar surface area (TPSA) is 86.7 Å². The van der Waals surface area contributed by atoms with Crippen LogP contribution in [-0.4, -0.2) is 40.4 Å². The SMILES string of the molecule is CC(=O)NCc1ccc(C(=O)N(CC(C)C(=O)O)C2CC2)cc1. The summed E-state index contributed by atoms with van der Waals surface area (Å²) in [5, 5.41) is 11.8. The smallest absolute Gasteiger partial charge is 0.308 e. The van der Waals surface area contributed by atoms with Gasteiger partial charge in [-0.3, -0.25) is 14.4 Å². The van der Waals surface area contributed by atoms with Crippen molar-refractivity contribution in [1.82, 2.24) is 10.2 Å². The van der Waals surface area contributed by atoms with Crippen molar-refractivity contribution in [3.05, 3.63) is 35.4 Å². The van der Waals surface area contributed by atoms with Crippen LogP contribution in [-0.2, 0) is 16.1 Å². The Morgan fingerprint density at radius 2 is 1.87 bits per heavy atom. The molecule has 0 saturated heterocycles. The van der Waals surface area contributed by atoms with Crippen molar-refractivity contribution in [1.29, 1.82) is 0 Å². The summed E-state index contributed by atoms with van der Waals surface area (Å²) in [7, 11) is 0. The fourth-order valence-electron chi connectivity index (χ4n) is 2.31. The number of hydrogen-bond acceptors (Lipinski definition) is 3. The molecule has 1 aromatic carbocycles. The Labute approximate surface area is 135 Å². The lowest BCUT2D eigenvalue weighted by Gasteiger charge is -2.24. The molecule has 124 valence electrons. The van der Waals surface area contributed by atoms with Gasteiger partial charge in [-0.2, -0.15) is 0 Å². The van der Waals surface area contributed by atoms with Crippen LogP contribution in [0.2, 0.25) is 0 Å². The van der Waals surface area contributed by atoms with Crippen molar-refractivity contribution in [3.8, 4) is 0 Å². The van der Waals surface area contributed by atoms with Gasteiger partial charge in [-0.1, -0.05) is 19.1 Å². The van der Waals surface area contributed by atoms with E-state index in [1.165, 1.54) is 6.92 Å². The first-order valence-corrected chi connectivity index (χ1v) is 7.75. The van der Waals surface area contributed by atoms with E-state index in [2.05, 4.69) is 5.32 Å². The van der Waals surface area contributed by atoms with Crippen molar-refractivity contribution in [2.24, 2.45) is 5.92 Å². The largest absolute Gasteiger partial charge is 0.481 e. The molecule has 1 unspecified atom stereocenters. The third kappa shape index (κ3) is 4.81. The van der Waals surface area contributed by atoms with Gasteiger partial charge < -0.3 is 15.3 Å². The number of rotatable bonds is 7. The van der Waals surface area contributed by atoms with Crippen LogP contribution in [0.5, 0.6) is 0 Å². The average molecular weight is 318 g/mol. The van der Waals surface area contributed by atoms with Gasteiger partial charge in [0.15, 0.2) is 0 Å². The van der Waals surface area contributed by atoms with Crippen molar-refractivity contribution >= 4 is 17.8 Å². The summed E-state index contributed by atoms with van der Waals surface area (Å²) in [6, 6.07) is 7.20. The minimum absolute atomic E-state index is 0.104. The fraction of sp³-hybridized carbons (Fsp3) is 0.471. The average Bonchev–Trinajstić information content (AvgIpc) is 3.34. The van der Waals surface area contributed by atoms with Gasteiger partial charge in [-0.25, -0.2) is 0 Å². The third-order valence-electron chi connectivity index (χ3n) is 3.88. The number of hydrogen-bond donors (Lipinski definition) is 2. The number of carbonyl (C=O) groups is 3. The molecule has 6 nitrogen and oxygen atoms in total. The number of carbonyl (C=O) groups excluding carboxylic acids is 2. The standard InChI is InChI=1S/C17H22N2O4/c1-11(17(22)23)10-19(15-7-8-15)16(21)14-5-3-13(4-6-14)9-18-12(2)20/h3-6,11,15H,7-10H2,1-2H3,(H,18,20)(H,22,23). The molecule has 1 fully saturated rings. The normalized spacial score (nSPS) is 14.9. The van der Waals surface area contributed by atoms with Gasteiger partial charge in [0.2, 0.25) is 5.91 Å². The molecule has 1 saturated carbocycles. The molecule has 1 atom stereocenters. The van der Waals surface area contributed by atoms with Crippen molar-refractivity contribution < 1.29 is 19.5 Å². The molecule has 0 aliphatic heterocycles. The highest BCUT2D eigenvalue weighted by Gasteiger charge is 2.34. The first-order valence-electron chi connectivity index (χ1n) is 7.75. The Morgan fingerprint density at radius 1 is 1.26 bits per heavy atom. The van der Waals surface area contributed by atoms with E-state index in [1.54, 1.807) is 36.1 Å². The van der Waals surface area contributed by atoms with Crippen LogP contribution in [0.3, 0.4) is 0 Å². The van der Waals surface area contributed by atoms with E-state index in [0.29, 0.717) is 12.1 Å². The predicted octanol–water partition coefficient (Wildman–Crippen LogP) is 1.65. The highest BCUT2D eigenvalue weighted by molar-refractivity contribution is 5.95. The Balaban J connectivity index is 2.04. The molecule has 0 bridgehead atoms. The Hall–Kier alpha value is -2.37. The molecule has 23 heavy (non-hydrogen) atoms. The second-order valence-corrected chi connectivity index (χ2v) is 6.03. The molecule has 1 aliphatic carbocycles. The van der Waals surface area contributed by atoms with Gasteiger partial charge in [0.05, 0.1) is 5.92 Å².